The topological polar surface area (TPSA) is 32.3 Å². The number of amides is 1. The highest BCUT2D eigenvalue weighted by atomic mass is 19.4. The van der Waals surface area contributed by atoms with Gasteiger partial charge in [0.15, 0.2) is 0 Å². The molecule has 2 unspecified atom stereocenters. The van der Waals surface area contributed by atoms with Crippen LogP contribution in [0, 0.1) is 0 Å². The van der Waals surface area contributed by atoms with Crippen LogP contribution < -0.4 is 5.32 Å². The third-order valence-corrected chi connectivity index (χ3v) is 3.17. The number of rotatable bonds is 5. The SMILES string of the molecule is CCCNC1CCCN(C(C)CC(F)(F)F)C1=O. The van der Waals surface area contributed by atoms with Crippen molar-refractivity contribution in [1.29, 1.82) is 0 Å². The molecule has 0 aliphatic carbocycles. The number of nitrogens with zero attached hydrogens (tertiary/aromatic N) is 1. The number of halogens is 3. The first-order valence-corrected chi connectivity index (χ1v) is 6.45. The zero-order valence-corrected chi connectivity index (χ0v) is 10.9. The Hall–Kier alpha value is -0.780. The van der Waals surface area contributed by atoms with E-state index in [4.69, 9.17) is 0 Å². The number of carbonyl (C=O) groups excluding carboxylic acids is 1. The standard InChI is InChI=1S/C12H21F3N2O/c1-3-6-16-10-5-4-7-17(11(10)18)9(2)8-12(13,14)15/h9-10,16H,3-8H2,1-2H3. The van der Waals surface area contributed by atoms with Crippen LogP contribution in [-0.4, -0.2) is 42.2 Å². The van der Waals surface area contributed by atoms with Gasteiger partial charge in [-0.15, -0.1) is 0 Å². The van der Waals surface area contributed by atoms with Gasteiger partial charge >= 0.3 is 6.18 Å². The summed E-state index contributed by atoms with van der Waals surface area (Å²) in [7, 11) is 0. The summed E-state index contributed by atoms with van der Waals surface area (Å²) in [6.45, 7) is 4.61. The maximum atomic E-state index is 12.3. The summed E-state index contributed by atoms with van der Waals surface area (Å²) in [6, 6.07) is -1.09. The van der Waals surface area contributed by atoms with Gasteiger partial charge in [0.2, 0.25) is 5.91 Å². The van der Waals surface area contributed by atoms with Crippen LogP contribution in [0.25, 0.3) is 0 Å². The Morgan fingerprint density at radius 2 is 2.17 bits per heavy atom. The number of likely N-dealkylation sites (tertiary alicyclic amines) is 1. The van der Waals surface area contributed by atoms with Gasteiger partial charge < -0.3 is 10.2 Å². The van der Waals surface area contributed by atoms with Gasteiger partial charge in [0.1, 0.15) is 0 Å². The van der Waals surface area contributed by atoms with Crippen molar-refractivity contribution in [2.45, 2.75) is 57.8 Å². The summed E-state index contributed by atoms with van der Waals surface area (Å²) in [5.74, 6) is -0.188. The third-order valence-electron chi connectivity index (χ3n) is 3.17. The summed E-state index contributed by atoms with van der Waals surface area (Å²) in [4.78, 5) is 13.4. The van der Waals surface area contributed by atoms with Crippen molar-refractivity contribution in [1.82, 2.24) is 10.2 Å². The predicted octanol–water partition coefficient (Wildman–Crippen LogP) is 2.32. The van der Waals surface area contributed by atoms with E-state index in [0.29, 0.717) is 13.0 Å². The molecule has 3 nitrogen and oxygen atoms in total. The first kappa shape index (κ1) is 15.3. The van der Waals surface area contributed by atoms with E-state index in [0.717, 1.165) is 19.4 Å². The van der Waals surface area contributed by atoms with Gasteiger partial charge in [-0.1, -0.05) is 6.92 Å². The molecule has 0 saturated carbocycles. The normalized spacial score (nSPS) is 23.3. The Morgan fingerprint density at radius 3 is 2.72 bits per heavy atom. The fourth-order valence-electron chi connectivity index (χ4n) is 2.29. The maximum absolute atomic E-state index is 12.3. The van der Waals surface area contributed by atoms with Crippen molar-refractivity contribution in [2.24, 2.45) is 0 Å². The average Bonchev–Trinajstić information content (AvgIpc) is 2.25. The van der Waals surface area contributed by atoms with Crippen LogP contribution in [0.4, 0.5) is 13.2 Å². The molecule has 1 amide bonds. The molecule has 0 spiro atoms. The van der Waals surface area contributed by atoms with Crippen molar-refractivity contribution in [3.05, 3.63) is 0 Å². The van der Waals surface area contributed by atoms with Gasteiger partial charge in [0, 0.05) is 12.6 Å². The summed E-state index contributed by atoms with van der Waals surface area (Å²) in [5, 5.41) is 3.10. The van der Waals surface area contributed by atoms with Gasteiger partial charge in [-0.2, -0.15) is 13.2 Å². The summed E-state index contributed by atoms with van der Waals surface area (Å²) in [6.07, 6.45) is -2.77. The van der Waals surface area contributed by atoms with Gasteiger partial charge in [-0.05, 0) is 32.7 Å². The van der Waals surface area contributed by atoms with Crippen LogP contribution in [0.1, 0.15) is 39.5 Å². The molecule has 0 aromatic carbocycles. The van der Waals surface area contributed by atoms with E-state index in [1.54, 1.807) is 0 Å². The molecule has 18 heavy (non-hydrogen) atoms. The number of nitrogens with one attached hydrogen (secondary N) is 1. The van der Waals surface area contributed by atoms with Crippen molar-refractivity contribution >= 4 is 5.91 Å². The molecule has 106 valence electrons. The van der Waals surface area contributed by atoms with E-state index in [1.807, 2.05) is 6.92 Å². The minimum Gasteiger partial charge on any atom is -0.338 e. The number of carbonyl (C=O) groups is 1. The zero-order chi connectivity index (χ0) is 13.8. The summed E-state index contributed by atoms with van der Waals surface area (Å²) < 4.78 is 37.0. The second kappa shape index (κ2) is 6.41. The number of piperidine rings is 1. The Morgan fingerprint density at radius 1 is 1.50 bits per heavy atom. The van der Waals surface area contributed by atoms with Crippen LogP contribution in [0.15, 0.2) is 0 Å². The molecule has 2 atom stereocenters. The first-order chi connectivity index (χ1) is 8.35. The minimum absolute atomic E-state index is 0.188. The summed E-state index contributed by atoms with van der Waals surface area (Å²) >= 11 is 0. The van der Waals surface area contributed by atoms with Crippen molar-refractivity contribution in [3.63, 3.8) is 0 Å². The van der Waals surface area contributed by atoms with Gasteiger partial charge in [0.05, 0.1) is 12.5 Å². The van der Waals surface area contributed by atoms with E-state index in [2.05, 4.69) is 5.32 Å². The highest BCUT2D eigenvalue weighted by Gasteiger charge is 2.37. The highest BCUT2D eigenvalue weighted by molar-refractivity contribution is 5.82. The van der Waals surface area contributed by atoms with Crippen molar-refractivity contribution < 1.29 is 18.0 Å². The van der Waals surface area contributed by atoms with Gasteiger partial charge in [-0.25, -0.2) is 0 Å². The second-order valence-electron chi connectivity index (χ2n) is 4.85. The molecule has 6 heteroatoms. The molecule has 0 radical (unpaired) electrons. The highest BCUT2D eigenvalue weighted by Crippen LogP contribution is 2.26. The molecule has 1 N–H and O–H groups in total. The lowest BCUT2D eigenvalue weighted by molar-refractivity contribution is -0.156. The lowest BCUT2D eigenvalue weighted by Crippen LogP contribution is -2.54. The third kappa shape index (κ3) is 4.48. The van der Waals surface area contributed by atoms with Gasteiger partial charge in [0.25, 0.3) is 0 Å². The molecule has 1 aliphatic rings. The van der Waals surface area contributed by atoms with E-state index < -0.39 is 18.6 Å². The Bertz CT molecular complexity index is 281. The molecule has 1 rings (SSSR count). The Kier molecular flexibility index (Phi) is 5.44. The minimum atomic E-state index is -4.22. The number of alkyl halides is 3. The van der Waals surface area contributed by atoms with E-state index in [9.17, 15) is 18.0 Å². The molecule has 0 aromatic heterocycles. The van der Waals surface area contributed by atoms with Gasteiger partial charge in [-0.3, -0.25) is 4.79 Å². The van der Waals surface area contributed by atoms with E-state index in [-0.39, 0.29) is 11.9 Å². The van der Waals surface area contributed by atoms with Crippen LogP contribution in [0.3, 0.4) is 0 Å². The van der Waals surface area contributed by atoms with Crippen LogP contribution in [0.2, 0.25) is 0 Å². The molecule has 0 aromatic rings. The zero-order valence-electron chi connectivity index (χ0n) is 10.9. The molecular weight excluding hydrogens is 245 g/mol. The first-order valence-electron chi connectivity index (χ1n) is 6.45. The van der Waals surface area contributed by atoms with Crippen LogP contribution >= 0.6 is 0 Å². The number of hydrogen-bond acceptors (Lipinski definition) is 2. The fourth-order valence-corrected chi connectivity index (χ4v) is 2.29. The van der Waals surface area contributed by atoms with Crippen molar-refractivity contribution in [3.8, 4) is 0 Å². The monoisotopic (exact) mass is 266 g/mol. The Balaban J connectivity index is 2.57. The molecule has 1 saturated heterocycles. The quantitative estimate of drug-likeness (QED) is 0.828. The fraction of sp³-hybridized carbons (Fsp3) is 0.917. The second-order valence-corrected chi connectivity index (χ2v) is 4.85. The van der Waals surface area contributed by atoms with Crippen LogP contribution in [0.5, 0.6) is 0 Å². The summed E-state index contributed by atoms with van der Waals surface area (Å²) in [5.41, 5.74) is 0. The van der Waals surface area contributed by atoms with E-state index in [1.165, 1.54) is 11.8 Å². The predicted molar refractivity (Wildman–Crippen MR) is 63.2 cm³/mol. The van der Waals surface area contributed by atoms with E-state index >= 15 is 0 Å². The molecule has 1 heterocycles. The number of hydrogen-bond donors (Lipinski definition) is 1. The maximum Gasteiger partial charge on any atom is 0.391 e. The molecule has 1 aliphatic heterocycles. The lowest BCUT2D eigenvalue weighted by Gasteiger charge is -2.37. The van der Waals surface area contributed by atoms with Crippen LogP contribution in [-0.2, 0) is 4.79 Å². The average molecular weight is 266 g/mol. The molecule has 1 fully saturated rings. The molecule has 0 bridgehead atoms. The smallest absolute Gasteiger partial charge is 0.338 e. The Labute approximate surface area is 106 Å². The van der Waals surface area contributed by atoms with Crippen molar-refractivity contribution in [2.75, 3.05) is 13.1 Å². The largest absolute Gasteiger partial charge is 0.391 e. The molecular formula is C12H21F3N2O. The lowest BCUT2D eigenvalue weighted by atomic mass is 10.0.